The number of benzene rings is 2. The van der Waals surface area contributed by atoms with Crippen molar-refractivity contribution in [3.8, 4) is 5.75 Å². The summed E-state index contributed by atoms with van der Waals surface area (Å²) in [5.41, 5.74) is -1.20. The second kappa shape index (κ2) is 7.59. The maximum Gasteiger partial charge on any atom is 0.416 e. The summed E-state index contributed by atoms with van der Waals surface area (Å²) in [6, 6.07) is 8.36. The molecule has 0 fully saturated rings. The van der Waals surface area contributed by atoms with Crippen molar-refractivity contribution in [3.63, 3.8) is 0 Å². The van der Waals surface area contributed by atoms with E-state index in [-0.39, 0.29) is 11.7 Å². The molecule has 2 aromatic carbocycles. The molecule has 0 bridgehead atoms. The minimum Gasteiger partial charge on any atom is -0.491 e. The first-order valence-electron chi connectivity index (χ1n) is 7.87. The van der Waals surface area contributed by atoms with Gasteiger partial charge in [-0.3, -0.25) is 4.79 Å². The van der Waals surface area contributed by atoms with Crippen molar-refractivity contribution in [3.05, 3.63) is 53.6 Å². The molecule has 0 unspecified atom stereocenters. The highest BCUT2D eigenvalue weighted by Gasteiger charge is 2.33. The Morgan fingerprint density at radius 3 is 2.33 bits per heavy atom. The molecule has 0 aliphatic rings. The molecule has 2 aromatic rings. The zero-order valence-electron chi connectivity index (χ0n) is 14.8. The molecule has 0 aliphatic heterocycles. The van der Waals surface area contributed by atoms with Gasteiger partial charge in [-0.2, -0.15) is 13.2 Å². The van der Waals surface area contributed by atoms with Crippen LogP contribution in [0.15, 0.2) is 47.4 Å². The maximum atomic E-state index is 12.9. The van der Waals surface area contributed by atoms with Crippen LogP contribution in [0.25, 0.3) is 0 Å². The van der Waals surface area contributed by atoms with E-state index in [1.807, 2.05) is 13.8 Å². The van der Waals surface area contributed by atoms with Crippen molar-refractivity contribution < 1.29 is 31.1 Å². The molecule has 1 amide bonds. The smallest absolute Gasteiger partial charge is 0.416 e. The number of hydrogen-bond donors (Lipinski definition) is 1. The molecule has 0 spiro atoms. The van der Waals surface area contributed by atoms with Crippen molar-refractivity contribution >= 4 is 21.4 Å². The minimum absolute atomic E-state index is 0.0947. The number of halogens is 3. The molecular formula is C18H18F3NO4S. The Hall–Kier alpha value is -2.55. The van der Waals surface area contributed by atoms with Gasteiger partial charge in [0.05, 0.1) is 22.1 Å². The number of carbonyl (C=O) groups is 1. The van der Waals surface area contributed by atoms with E-state index < -0.39 is 32.4 Å². The topological polar surface area (TPSA) is 72.5 Å². The quantitative estimate of drug-likeness (QED) is 0.817. The van der Waals surface area contributed by atoms with Gasteiger partial charge in [-0.15, -0.1) is 0 Å². The fourth-order valence-corrected chi connectivity index (χ4v) is 3.21. The first-order valence-corrected chi connectivity index (χ1v) is 9.76. The molecule has 0 heterocycles. The largest absolute Gasteiger partial charge is 0.491 e. The number of amides is 1. The van der Waals surface area contributed by atoms with Crippen LogP contribution in [-0.2, 0) is 16.0 Å². The zero-order chi connectivity index (χ0) is 20.4. The molecule has 0 saturated carbocycles. The molecule has 5 nitrogen and oxygen atoms in total. The Kier molecular flexibility index (Phi) is 5.84. The van der Waals surface area contributed by atoms with Crippen molar-refractivity contribution in [1.29, 1.82) is 0 Å². The number of sulfone groups is 1. The molecule has 9 heteroatoms. The molecule has 0 saturated heterocycles. The lowest BCUT2D eigenvalue weighted by Gasteiger charge is -2.14. The Morgan fingerprint density at radius 2 is 1.78 bits per heavy atom. The van der Waals surface area contributed by atoms with Crippen LogP contribution in [0, 0.1) is 0 Å². The highest BCUT2D eigenvalue weighted by molar-refractivity contribution is 7.90. The fraction of sp³-hybridized carbons (Fsp3) is 0.278. The SMILES string of the molecule is CC(C)Oc1cccc(NC(=O)c2ccc(C(F)(F)F)cc2S(C)(=O)=O)c1. The van der Waals surface area contributed by atoms with Gasteiger partial charge in [0, 0.05) is 18.0 Å². The third kappa shape index (κ3) is 5.46. The highest BCUT2D eigenvalue weighted by Crippen LogP contribution is 2.32. The van der Waals surface area contributed by atoms with Gasteiger partial charge in [0.25, 0.3) is 5.91 Å². The van der Waals surface area contributed by atoms with Gasteiger partial charge < -0.3 is 10.1 Å². The molecule has 27 heavy (non-hydrogen) atoms. The van der Waals surface area contributed by atoms with Crippen LogP contribution in [0.1, 0.15) is 29.8 Å². The highest BCUT2D eigenvalue weighted by atomic mass is 32.2. The fourth-order valence-electron chi connectivity index (χ4n) is 2.31. The van der Waals surface area contributed by atoms with Gasteiger partial charge in [-0.05, 0) is 44.2 Å². The summed E-state index contributed by atoms with van der Waals surface area (Å²) in [6.07, 6.45) is -4.07. The first kappa shape index (κ1) is 20.8. The van der Waals surface area contributed by atoms with Gasteiger partial charge >= 0.3 is 6.18 Å². The van der Waals surface area contributed by atoms with Crippen molar-refractivity contribution in [2.75, 3.05) is 11.6 Å². The number of anilines is 1. The molecular weight excluding hydrogens is 383 g/mol. The molecule has 2 rings (SSSR count). The van der Waals surface area contributed by atoms with E-state index in [4.69, 9.17) is 4.74 Å². The molecule has 0 radical (unpaired) electrons. The normalized spacial score (nSPS) is 12.1. The van der Waals surface area contributed by atoms with Crippen molar-refractivity contribution in [2.45, 2.75) is 31.0 Å². The molecule has 0 aliphatic carbocycles. The van der Waals surface area contributed by atoms with E-state index in [0.29, 0.717) is 23.6 Å². The van der Waals surface area contributed by atoms with Crippen LogP contribution in [0.2, 0.25) is 0 Å². The molecule has 0 aromatic heterocycles. The number of hydrogen-bond acceptors (Lipinski definition) is 4. The van der Waals surface area contributed by atoms with Crippen LogP contribution >= 0.6 is 0 Å². The van der Waals surface area contributed by atoms with Gasteiger partial charge in [0.2, 0.25) is 0 Å². The maximum absolute atomic E-state index is 12.9. The summed E-state index contributed by atoms with van der Waals surface area (Å²) in [6.45, 7) is 3.65. The van der Waals surface area contributed by atoms with Crippen LogP contribution in [0.3, 0.4) is 0 Å². The number of carbonyl (C=O) groups excluding carboxylic acids is 1. The standard InChI is InChI=1S/C18H18F3NO4S/c1-11(2)26-14-6-4-5-13(10-14)22-17(23)15-8-7-12(18(19,20)21)9-16(15)27(3,24)25/h4-11H,1-3H3,(H,22,23). The minimum atomic E-state index is -4.73. The summed E-state index contributed by atoms with van der Waals surface area (Å²) in [4.78, 5) is 11.8. The third-order valence-electron chi connectivity index (χ3n) is 3.42. The first-order chi connectivity index (χ1) is 12.4. The number of nitrogens with one attached hydrogen (secondary N) is 1. The lowest BCUT2D eigenvalue weighted by molar-refractivity contribution is -0.137. The summed E-state index contributed by atoms with van der Waals surface area (Å²) in [5, 5.41) is 2.48. The average molecular weight is 401 g/mol. The van der Waals surface area contributed by atoms with Gasteiger partial charge in [0.15, 0.2) is 9.84 Å². The summed E-state index contributed by atoms with van der Waals surface area (Å²) < 4.78 is 67.9. The second-order valence-electron chi connectivity index (χ2n) is 6.13. The van der Waals surface area contributed by atoms with Crippen LogP contribution in [0.4, 0.5) is 18.9 Å². The van der Waals surface area contributed by atoms with Crippen LogP contribution in [0.5, 0.6) is 5.75 Å². The lowest BCUT2D eigenvalue weighted by Crippen LogP contribution is -2.18. The molecule has 146 valence electrons. The van der Waals surface area contributed by atoms with E-state index in [1.54, 1.807) is 18.2 Å². The van der Waals surface area contributed by atoms with E-state index in [9.17, 15) is 26.4 Å². The number of rotatable bonds is 5. The van der Waals surface area contributed by atoms with Gasteiger partial charge in [-0.25, -0.2) is 8.42 Å². The summed E-state index contributed by atoms with van der Waals surface area (Å²) in [7, 11) is -4.06. The van der Waals surface area contributed by atoms with Gasteiger partial charge in [-0.1, -0.05) is 6.07 Å². The van der Waals surface area contributed by atoms with Crippen molar-refractivity contribution in [1.82, 2.24) is 0 Å². The predicted molar refractivity (Wildman–Crippen MR) is 94.7 cm³/mol. The van der Waals surface area contributed by atoms with E-state index in [0.717, 1.165) is 12.3 Å². The average Bonchev–Trinajstić information content (AvgIpc) is 2.52. The Labute approximate surface area is 155 Å². The van der Waals surface area contributed by atoms with Crippen molar-refractivity contribution in [2.24, 2.45) is 0 Å². The zero-order valence-corrected chi connectivity index (χ0v) is 15.6. The van der Waals surface area contributed by atoms with Gasteiger partial charge in [0.1, 0.15) is 5.75 Å². The van der Waals surface area contributed by atoms with E-state index in [1.165, 1.54) is 6.07 Å². The van der Waals surface area contributed by atoms with Crippen LogP contribution < -0.4 is 10.1 Å². The third-order valence-corrected chi connectivity index (χ3v) is 4.55. The summed E-state index contributed by atoms with van der Waals surface area (Å²) >= 11 is 0. The lowest BCUT2D eigenvalue weighted by atomic mass is 10.1. The second-order valence-corrected chi connectivity index (χ2v) is 8.11. The predicted octanol–water partition coefficient (Wildman–Crippen LogP) is 4.15. The van der Waals surface area contributed by atoms with E-state index >= 15 is 0 Å². The monoisotopic (exact) mass is 401 g/mol. The van der Waals surface area contributed by atoms with Crippen LogP contribution in [-0.4, -0.2) is 26.7 Å². The van der Waals surface area contributed by atoms with E-state index in [2.05, 4.69) is 5.32 Å². The Bertz CT molecular complexity index is 953. The number of alkyl halides is 3. The Morgan fingerprint density at radius 1 is 1.11 bits per heavy atom. The number of ether oxygens (including phenoxy) is 1. The summed E-state index contributed by atoms with van der Waals surface area (Å²) in [5.74, 6) is -0.357. The molecule has 0 atom stereocenters. The Balaban J connectivity index is 2.39. The molecule has 1 N–H and O–H groups in total.